The Labute approximate surface area is 178 Å². The fraction of sp³-hybridized carbons (Fsp3) is 0.417. The minimum Gasteiger partial charge on any atom is -0.508 e. The molecule has 6 nitrogen and oxygen atoms in total. The quantitative estimate of drug-likeness (QED) is 0.454. The van der Waals surface area contributed by atoms with E-state index in [4.69, 9.17) is 19.7 Å². The van der Waals surface area contributed by atoms with Crippen molar-refractivity contribution in [1.82, 2.24) is 0 Å². The Bertz CT molecular complexity index is 763. The number of carbonyl (C=O) groups is 2. The normalized spacial score (nSPS) is 10.3. The molecule has 0 aliphatic rings. The number of phenols is 2. The van der Waals surface area contributed by atoms with Gasteiger partial charge in [0.05, 0.1) is 24.3 Å². The summed E-state index contributed by atoms with van der Waals surface area (Å²) in [7, 11) is 0. The van der Waals surface area contributed by atoms with Gasteiger partial charge in [-0.05, 0) is 73.2 Å². The van der Waals surface area contributed by atoms with Crippen LogP contribution in [0.2, 0.25) is 0 Å². The second-order valence-electron chi connectivity index (χ2n) is 7.76. The van der Waals surface area contributed by atoms with E-state index in [1.807, 2.05) is 13.8 Å². The first-order valence-electron chi connectivity index (χ1n) is 10.1. The molecule has 6 heteroatoms. The number of rotatable bonds is 8. The Morgan fingerprint density at radius 1 is 0.733 bits per heavy atom. The van der Waals surface area contributed by atoms with Gasteiger partial charge in [-0.2, -0.15) is 0 Å². The zero-order chi connectivity index (χ0) is 22.5. The number of ether oxygens (including phenoxy) is 2. The Balaban J connectivity index is 0.000000303. The van der Waals surface area contributed by atoms with Crippen LogP contribution < -0.4 is 0 Å². The molecule has 164 valence electrons. The van der Waals surface area contributed by atoms with Gasteiger partial charge < -0.3 is 19.7 Å². The highest BCUT2D eigenvalue weighted by Gasteiger charge is 2.07. The molecule has 0 amide bonds. The molecular formula is C24H32O6. The molecule has 0 atom stereocenters. The minimum atomic E-state index is -0.348. The number of aromatic hydroxyl groups is 2. The summed E-state index contributed by atoms with van der Waals surface area (Å²) in [6.45, 7) is 9.11. The van der Waals surface area contributed by atoms with Gasteiger partial charge in [-0.25, -0.2) is 9.59 Å². The lowest BCUT2D eigenvalue weighted by atomic mass is 10.1. The molecular weight excluding hydrogens is 384 g/mol. The maximum absolute atomic E-state index is 11.5. The molecule has 0 unspecified atom stereocenters. The average Bonchev–Trinajstić information content (AvgIpc) is 2.70. The molecule has 2 rings (SSSR count). The predicted octanol–water partition coefficient (Wildman–Crippen LogP) is 5.19. The van der Waals surface area contributed by atoms with Crippen molar-refractivity contribution in [2.24, 2.45) is 11.8 Å². The van der Waals surface area contributed by atoms with Gasteiger partial charge in [-0.3, -0.25) is 0 Å². The molecule has 0 saturated carbocycles. The molecule has 0 heterocycles. The summed E-state index contributed by atoms with van der Waals surface area (Å²) in [5.74, 6) is 0.577. The summed E-state index contributed by atoms with van der Waals surface area (Å²) in [4.78, 5) is 22.9. The smallest absolute Gasteiger partial charge is 0.338 e. The van der Waals surface area contributed by atoms with Crippen molar-refractivity contribution < 1.29 is 29.3 Å². The first-order valence-corrected chi connectivity index (χ1v) is 10.1. The van der Waals surface area contributed by atoms with Crippen molar-refractivity contribution in [1.29, 1.82) is 0 Å². The van der Waals surface area contributed by atoms with Crippen molar-refractivity contribution in [2.45, 2.75) is 40.5 Å². The van der Waals surface area contributed by atoms with Crippen LogP contribution in [0.25, 0.3) is 0 Å². The lowest BCUT2D eigenvalue weighted by molar-refractivity contribution is 0.0457. The van der Waals surface area contributed by atoms with Gasteiger partial charge in [0.25, 0.3) is 0 Å². The Hall–Kier alpha value is -3.02. The summed E-state index contributed by atoms with van der Waals surface area (Å²) in [6, 6.07) is 12.1. The van der Waals surface area contributed by atoms with E-state index in [9.17, 15) is 9.59 Å². The molecule has 0 aromatic heterocycles. The van der Waals surface area contributed by atoms with Crippen LogP contribution in [0.15, 0.2) is 48.5 Å². The molecule has 0 bridgehead atoms. The topological polar surface area (TPSA) is 93.1 Å². The molecule has 0 spiro atoms. The standard InChI is InChI=1S/C13H18O3.C11H14O3/c1-10(2)4-3-9-16-13(15)11-5-7-12(14)8-6-11;1-8(2)7-14-11(13)9-3-5-10(12)6-4-9/h5-8,10,14H,3-4,9H2,1-2H3;3-6,8,12H,7H2,1-2H3. The molecule has 30 heavy (non-hydrogen) atoms. The van der Waals surface area contributed by atoms with E-state index in [-0.39, 0.29) is 23.4 Å². The van der Waals surface area contributed by atoms with E-state index in [2.05, 4.69) is 13.8 Å². The van der Waals surface area contributed by atoms with Gasteiger partial charge in [0.15, 0.2) is 0 Å². The highest BCUT2D eigenvalue weighted by Crippen LogP contribution is 2.12. The molecule has 0 saturated heterocycles. The van der Waals surface area contributed by atoms with Crippen molar-refractivity contribution >= 4 is 11.9 Å². The van der Waals surface area contributed by atoms with Gasteiger partial charge >= 0.3 is 11.9 Å². The molecule has 0 radical (unpaired) electrons. The summed E-state index contributed by atoms with van der Waals surface area (Å²) in [5.41, 5.74) is 0.936. The van der Waals surface area contributed by atoms with E-state index in [1.165, 1.54) is 36.4 Å². The lowest BCUT2D eigenvalue weighted by Gasteiger charge is -2.06. The number of esters is 2. The van der Waals surface area contributed by atoms with Crippen LogP contribution in [0, 0.1) is 11.8 Å². The monoisotopic (exact) mass is 416 g/mol. The summed E-state index contributed by atoms with van der Waals surface area (Å²) >= 11 is 0. The maximum atomic E-state index is 11.5. The molecule has 2 N–H and O–H groups in total. The largest absolute Gasteiger partial charge is 0.508 e. The molecule has 0 aliphatic heterocycles. The van der Waals surface area contributed by atoms with Crippen molar-refractivity contribution in [3.05, 3.63) is 59.7 Å². The fourth-order valence-corrected chi connectivity index (χ4v) is 2.26. The summed E-state index contributed by atoms with van der Waals surface area (Å²) in [6.07, 6.45) is 1.95. The third kappa shape index (κ3) is 10.5. The number of carbonyl (C=O) groups excluding carboxylic acids is 2. The fourth-order valence-electron chi connectivity index (χ4n) is 2.26. The first-order chi connectivity index (χ1) is 14.2. The molecule has 2 aromatic rings. The third-order valence-corrected chi connectivity index (χ3v) is 3.91. The van der Waals surface area contributed by atoms with Gasteiger partial charge in [0, 0.05) is 0 Å². The number of phenolic OH excluding ortho intramolecular Hbond substituents is 2. The van der Waals surface area contributed by atoms with Crippen LogP contribution in [0.5, 0.6) is 11.5 Å². The third-order valence-electron chi connectivity index (χ3n) is 3.91. The van der Waals surface area contributed by atoms with Gasteiger partial charge in [-0.15, -0.1) is 0 Å². The molecule has 0 fully saturated rings. The van der Waals surface area contributed by atoms with Crippen LogP contribution >= 0.6 is 0 Å². The van der Waals surface area contributed by atoms with Crippen molar-refractivity contribution in [3.63, 3.8) is 0 Å². The second kappa shape index (κ2) is 13.2. The van der Waals surface area contributed by atoms with E-state index >= 15 is 0 Å². The first kappa shape index (κ1) is 25.0. The predicted molar refractivity (Wildman–Crippen MR) is 116 cm³/mol. The number of hydrogen-bond acceptors (Lipinski definition) is 6. The highest BCUT2D eigenvalue weighted by atomic mass is 16.5. The Kier molecular flexibility index (Phi) is 11.0. The Morgan fingerprint density at radius 3 is 1.57 bits per heavy atom. The highest BCUT2D eigenvalue weighted by molar-refractivity contribution is 5.89. The molecule has 2 aromatic carbocycles. The zero-order valence-corrected chi connectivity index (χ0v) is 18.1. The summed E-state index contributed by atoms with van der Waals surface area (Å²) < 4.78 is 10.1. The average molecular weight is 417 g/mol. The molecule has 0 aliphatic carbocycles. The van der Waals surface area contributed by atoms with Crippen LogP contribution in [0.3, 0.4) is 0 Å². The van der Waals surface area contributed by atoms with E-state index in [1.54, 1.807) is 12.1 Å². The van der Waals surface area contributed by atoms with Crippen LogP contribution in [-0.2, 0) is 9.47 Å². The summed E-state index contributed by atoms with van der Waals surface area (Å²) in [5, 5.41) is 18.1. The van der Waals surface area contributed by atoms with E-state index in [0.717, 1.165) is 12.8 Å². The number of benzene rings is 2. The van der Waals surface area contributed by atoms with E-state index < -0.39 is 0 Å². The van der Waals surface area contributed by atoms with Gasteiger partial charge in [-0.1, -0.05) is 27.7 Å². The van der Waals surface area contributed by atoms with Crippen LogP contribution in [0.1, 0.15) is 61.3 Å². The minimum absolute atomic E-state index is 0.144. The SMILES string of the molecule is CC(C)CCCOC(=O)c1ccc(O)cc1.CC(C)COC(=O)c1ccc(O)cc1. The van der Waals surface area contributed by atoms with E-state index in [0.29, 0.717) is 36.2 Å². The van der Waals surface area contributed by atoms with Gasteiger partial charge in [0.1, 0.15) is 11.5 Å². The lowest BCUT2D eigenvalue weighted by Crippen LogP contribution is -2.09. The second-order valence-corrected chi connectivity index (χ2v) is 7.76. The number of hydrogen-bond donors (Lipinski definition) is 2. The zero-order valence-electron chi connectivity index (χ0n) is 18.1. The van der Waals surface area contributed by atoms with Crippen molar-refractivity contribution in [3.8, 4) is 11.5 Å². The van der Waals surface area contributed by atoms with Crippen LogP contribution in [-0.4, -0.2) is 35.4 Å². The Morgan fingerprint density at radius 2 is 1.17 bits per heavy atom. The maximum Gasteiger partial charge on any atom is 0.338 e. The van der Waals surface area contributed by atoms with Gasteiger partial charge in [0.2, 0.25) is 0 Å². The van der Waals surface area contributed by atoms with Crippen molar-refractivity contribution in [2.75, 3.05) is 13.2 Å². The van der Waals surface area contributed by atoms with Crippen LogP contribution in [0.4, 0.5) is 0 Å².